The quantitative estimate of drug-likeness (QED) is 0.579. The third-order valence-electron chi connectivity index (χ3n) is 3.67. The largest absolute Gasteiger partial charge is 0.478 e. The Morgan fingerprint density at radius 2 is 1.82 bits per heavy atom. The number of rotatable bonds is 7. The van der Waals surface area contributed by atoms with Gasteiger partial charge in [0.15, 0.2) is 17.7 Å². The molecule has 1 N–H and O–H groups in total. The SMILES string of the molecule is C[C@H](Sc1nnc([C@H](C)Oc2ccccc2F)o1)C(=O)Nc1ccc(F)cc1. The Bertz CT molecular complexity index is 950. The number of benzene rings is 2. The predicted octanol–water partition coefficient (Wildman–Crippen LogP) is 4.61. The van der Waals surface area contributed by atoms with Crippen LogP contribution >= 0.6 is 11.8 Å². The molecule has 0 spiro atoms. The van der Waals surface area contributed by atoms with Gasteiger partial charge in [-0.05, 0) is 50.2 Å². The van der Waals surface area contributed by atoms with E-state index in [1.54, 1.807) is 26.0 Å². The topological polar surface area (TPSA) is 77.2 Å². The van der Waals surface area contributed by atoms with Crippen molar-refractivity contribution in [3.63, 3.8) is 0 Å². The van der Waals surface area contributed by atoms with Gasteiger partial charge in [0, 0.05) is 5.69 Å². The summed E-state index contributed by atoms with van der Waals surface area (Å²) in [6.45, 7) is 3.33. The lowest BCUT2D eigenvalue weighted by Crippen LogP contribution is -2.22. The fourth-order valence-corrected chi connectivity index (χ4v) is 2.89. The van der Waals surface area contributed by atoms with E-state index in [2.05, 4.69) is 15.5 Å². The van der Waals surface area contributed by atoms with Gasteiger partial charge in [-0.15, -0.1) is 10.2 Å². The second kappa shape index (κ2) is 8.83. The number of thioether (sulfide) groups is 1. The average Bonchev–Trinajstić information content (AvgIpc) is 3.14. The fraction of sp³-hybridized carbons (Fsp3) is 0.211. The van der Waals surface area contributed by atoms with Crippen LogP contribution in [0.3, 0.4) is 0 Å². The standard InChI is InChI=1S/C19H17F2N3O3S/c1-11(26-16-6-4-3-5-15(16)21)18-23-24-19(27-18)28-12(2)17(25)22-14-9-7-13(20)8-10-14/h3-12H,1-2H3,(H,22,25)/t11-,12-/m0/s1. The highest BCUT2D eigenvalue weighted by molar-refractivity contribution is 8.00. The van der Waals surface area contributed by atoms with E-state index >= 15 is 0 Å². The summed E-state index contributed by atoms with van der Waals surface area (Å²) >= 11 is 1.07. The minimum atomic E-state index is -0.665. The van der Waals surface area contributed by atoms with E-state index in [1.807, 2.05) is 0 Å². The number of carbonyl (C=O) groups excluding carboxylic acids is 1. The van der Waals surface area contributed by atoms with Crippen LogP contribution in [0.5, 0.6) is 5.75 Å². The molecule has 0 bridgehead atoms. The zero-order valence-electron chi connectivity index (χ0n) is 15.1. The summed E-state index contributed by atoms with van der Waals surface area (Å²) in [7, 11) is 0. The molecule has 3 rings (SSSR count). The lowest BCUT2D eigenvalue weighted by Gasteiger charge is -2.11. The number of hydrogen-bond donors (Lipinski definition) is 1. The molecule has 28 heavy (non-hydrogen) atoms. The van der Waals surface area contributed by atoms with E-state index in [-0.39, 0.29) is 28.6 Å². The number of anilines is 1. The van der Waals surface area contributed by atoms with Gasteiger partial charge in [-0.3, -0.25) is 4.79 Å². The van der Waals surface area contributed by atoms with Crippen LogP contribution in [0, 0.1) is 11.6 Å². The molecule has 6 nitrogen and oxygen atoms in total. The number of nitrogens with one attached hydrogen (secondary N) is 1. The third kappa shape index (κ3) is 5.07. The molecule has 1 aromatic heterocycles. The maximum atomic E-state index is 13.7. The summed E-state index contributed by atoms with van der Waals surface area (Å²) in [6, 6.07) is 11.5. The van der Waals surface area contributed by atoms with Gasteiger partial charge in [-0.1, -0.05) is 23.9 Å². The van der Waals surface area contributed by atoms with Gasteiger partial charge in [0.1, 0.15) is 5.82 Å². The summed E-state index contributed by atoms with van der Waals surface area (Å²) < 4.78 is 37.6. The van der Waals surface area contributed by atoms with Gasteiger partial charge in [0.25, 0.3) is 11.1 Å². The second-order valence-electron chi connectivity index (χ2n) is 5.85. The molecule has 0 unspecified atom stereocenters. The number of ether oxygens (including phenoxy) is 1. The molecule has 2 aromatic carbocycles. The summed E-state index contributed by atoms with van der Waals surface area (Å²) in [5.41, 5.74) is 0.483. The molecule has 1 amide bonds. The van der Waals surface area contributed by atoms with Crippen molar-refractivity contribution < 1.29 is 22.7 Å². The van der Waals surface area contributed by atoms with Crippen LogP contribution in [-0.2, 0) is 4.79 Å². The molecule has 0 fully saturated rings. The normalized spacial score (nSPS) is 13.0. The molecular formula is C19H17F2N3O3S. The molecule has 0 aliphatic heterocycles. The second-order valence-corrected chi connectivity index (χ2v) is 7.14. The number of hydrogen-bond acceptors (Lipinski definition) is 6. The first-order valence-electron chi connectivity index (χ1n) is 8.40. The molecule has 3 aromatic rings. The molecule has 9 heteroatoms. The Balaban J connectivity index is 1.58. The highest BCUT2D eigenvalue weighted by atomic mass is 32.2. The number of para-hydroxylation sites is 1. The van der Waals surface area contributed by atoms with Crippen LogP contribution in [0.25, 0.3) is 0 Å². The zero-order valence-corrected chi connectivity index (χ0v) is 15.9. The lowest BCUT2D eigenvalue weighted by molar-refractivity contribution is -0.115. The first kappa shape index (κ1) is 19.8. The van der Waals surface area contributed by atoms with Crippen LogP contribution < -0.4 is 10.1 Å². The van der Waals surface area contributed by atoms with E-state index < -0.39 is 17.2 Å². The first-order chi connectivity index (χ1) is 13.4. The zero-order chi connectivity index (χ0) is 20.1. The lowest BCUT2D eigenvalue weighted by atomic mass is 10.3. The van der Waals surface area contributed by atoms with Crippen molar-refractivity contribution in [3.05, 3.63) is 66.1 Å². The van der Waals surface area contributed by atoms with E-state index in [0.717, 1.165) is 11.8 Å². The molecule has 2 atom stereocenters. The Kier molecular flexibility index (Phi) is 6.25. The summed E-state index contributed by atoms with van der Waals surface area (Å²) in [4.78, 5) is 12.2. The number of halogens is 2. The van der Waals surface area contributed by atoms with Gasteiger partial charge in [-0.2, -0.15) is 0 Å². The summed E-state index contributed by atoms with van der Waals surface area (Å²) in [6.07, 6.45) is -0.665. The van der Waals surface area contributed by atoms with Crippen LogP contribution in [0.15, 0.2) is 58.2 Å². The van der Waals surface area contributed by atoms with Gasteiger partial charge in [-0.25, -0.2) is 8.78 Å². The van der Waals surface area contributed by atoms with Crippen molar-refractivity contribution in [2.45, 2.75) is 30.4 Å². The summed E-state index contributed by atoms with van der Waals surface area (Å²) in [5.74, 6) is -0.932. The smallest absolute Gasteiger partial charge is 0.277 e. The maximum absolute atomic E-state index is 13.7. The molecule has 0 radical (unpaired) electrons. The number of nitrogens with zero attached hydrogens (tertiary/aromatic N) is 2. The number of amides is 1. The molecule has 1 heterocycles. The van der Waals surface area contributed by atoms with Gasteiger partial charge in [0.2, 0.25) is 5.91 Å². The number of carbonyl (C=O) groups is 1. The predicted molar refractivity (Wildman–Crippen MR) is 100 cm³/mol. The highest BCUT2D eigenvalue weighted by Gasteiger charge is 2.21. The Hall–Kier alpha value is -2.94. The third-order valence-corrected chi connectivity index (χ3v) is 4.60. The van der Waals surface area contributed by atoms with E-state index in [1.165, 1.54) is 36.4 Å². The Morgan fingerprint density at radius 1 is 1.11 bits per heavy atom. The maximum Gasteiger partial charge on any atom is 0.277 e. The van der Waals surface area contributed by atoms with Crippen molar-refractivity contribution in [1.29, 1.82) is 0 Å². The molecule has 0 saturated carbocycles. The molecule has 146 valence electrons. The Labute approximate surface area is 164 Å². The molecule has 0 saturated heterocycles. The molecule has 0 aliphatic carbocycles. The van der Waals surface area contributed by atoms with Crippen molar-refractivity contribution >= 4 is 23.4 Å². The van der Waals surface area contributed by atoms with Crippen molar-refractivity contribution in [2.75, 3.05) is 5.32 Å². The van der Waals surface area contributed by atoms with Crippen LogP contribution in [0.1, 0.15) is 25.8 Å². The fourth-order valence-electron chi connectivity index (χ4n) is 2.20. The van der Waals surface area contributed by atoms with E-state index in [4.69, 9.17) is 9.15 Å². The first-order valence-corrected chi connectivity index (χ1v) is 9.28. The van der Waals surface area contributed by atoms with Crippen molar-refractivity contribution in [3.8, 4) is 5.75 Å². The minimum absolute atomic E-state index is 0.0782. The minimum Gasteiger partial charge on any atom is -0.478 e. The average molecular weight is 405 g/mol. The van der Waals surface area contributed by atoms with Crippen molar-refractivity contribution in [2.24, 2.45) is 0 Å². The van der Waals surface area contributed by atoms with Crippen LogP contribution in [0.2, 0.25) is 0 Å². The van der Waals surface area contributed by atoms with Gasteiger partial charge < -0.3 is 14.5 Å². The Morgan fingerprint density at radius 3 is 2.54 bits per heavy atom. The van der Waals surface area contributed by atoms with Gasteiger partial charge in [0.05, 0.1) is 5.25 Å². The van der Waals surface area contributed by atoms with Crippen LogP contribution in [-0.4, -0.2) is 21.4 Å². The molecular weight excluding hydrogens is 388 g/mol. The number of aromatic nitrogens is 2. The van der Waals surface area contributed by atoms with E-state index in [0.29, 0.717) is 5.69 Å². The molecule has 0 aliphatic rings. The monoisotopic (exact) mass is 405 g/mol. The van der Waals surface area contributed by atoms with E-state index in [9.17, 15) is 13.6 Å². The summed E-state index contributed by atoms with van der Waals surface area (Å²) in [5, 5.41) is 10.1. The highest BCUT2D eigenvalue weighted by Crippen LogP contribution is 2.27. The van der Waals surface area contributed by atoms with Crippen LogP contribution in [0.4, 0.5) is 14.5 Å². The van der Waals surface area contributed by atoms with Crippen molar-refractivity contribution in [1.82, 2.24) is 10.2 Å². The van der Waals surface area contributed by atoms with Gasteiger partial charge >= 0.3 is 0 Å².